The van der Waals surface area contributed by atoms with Crippen LogP contribution in [0.3, 0.4) is 0 Å². The zero-order chi connectivity index (χ0) is 56.5. The fraction of sp³-hybridized carbons (Fsp3) is 0.143. The standard InChI is InChI=1S/C84H64/c1-82(2,3)65-43-63-26-25-58-28-36-67(73-42-34-64(44-65)79(63)81(58)73)53-19-15-50(16-20-53)49-11-13-51(14-12-49)59-30-37-68-70-39-32-61(47-76(70)83(4,5)74(68)45-59)62-33-40-71-69-38-31-60(46-75(69)84(6,7)77(71)48-62)52-17-21-54(22-18-52)66-35-27-57-24-23-55-9-8-10-56-29-41-72(66)80(57)78(55)56/h8-41,43,45-48H,42,44H2,1-7H3. The topological polar surface area (TPSA) is 0 Å². The molecule has 0 radical (unpaired) electrons. The van der Waals surface area contributed by atoms with E-state index in [0.717, 1.165) is 12.8 Å². The van der Waals surface area contributed by atoms with Gasteiger partial charge in [0.1, 0.15) is 0 Å². The molecule has 84 heavy (non-hydrogen) atoms. The van der Waals surface area contributed by atoms with E-state index in [-0.39, 0.29) is 16.2 Å². The molecule has 0 bridgehead atoms. The summed E-state index contributed by atoms with van der Waals surface area (Å²) < 4.78 is 0. The molecule has 0 fully saturated rings. The maximum absolute atomic E-state index is 2.51. The Hall–Kier alpha value is -9.36. The highest BCUT2D eigenvalue weighted by molar-refractivity contribution is 6.25. The van der Waals surface area contributed by atoms with Gasteiger partial charge in [0.05, 0.1) is 0 Å². The lowest BCUT2D eigenvalue weighted by molar-refractivity contribution is 0.498. The van der Waals surface area contributed by atoms with Crippen LogP contribution in [0, 0.1) is 5.41 Å². The molecule has 0 atom stereocenters. The van der Waals surface area contributed by atoms with Crippen molar-refractivity contribution in [1.82, 2.24) is 0 Å². The van der Waals surface area contributed by atoms with Gasteiger partial charge in [0, 0.05) is 10.8 Å². The maximum Gasteiger partial charge on any atom is 0.0159 e. The van der Waals surface area contributed by atoms with E-state index in [9.17, 15) is 0 Å². The third kappa shape index (κ3) is 7.26. The minimum atomic E-state index is -0.157. The molecule has 13 aromatic rings. The van der Waals surface area contributed by atoms with Crippen LogP contribution >= 0.6 is 0 Å². The zero-order valence-corrected chi connectivity index (χ0v) is 48.9. The number of fused-ring (bicyclic) bond motifs is 6. The normalized spacial score (nSPS) is 15.1. The molecule has 17 rings (SSSR count). The van der Waals surface area contributed by atoms with Gasteiger partial charge < -0.3 is 0 Å². The maximum atomic E-state index is 2.51. The molecular weight excluding hydrogens is 1010 g/mol. The molecule has 0 nitrogen and oxygen atoms in total. The molecule has 13 aromatic carbocycles. The minimum absolute atomic E-state index is 0.156. The molecule has 4 aliphatic rings. The van der Waals surface area contributed by atoms with Crippen LogP contribution in [0.2, 0.25) is 0 Å². The Morgan fingerprint density at radius 2 is 0.702 bits per heavy atom. The molecule has 0 saturated heterocycles. The monoisotopic (exact) mass is 1070 g/mol. The largest absolute Gasteiger partial charge is 0.0759 e. The van der Waals surface area contributed by atoms with Crippen molar-refractivity contribution in [3.63, 3.8) is 0 Å². The van der Waals surface area contributed by atoms with E-state index in [2.05, 4.69) is 285 Å². The van der Waals surface area contributed by atoms with Gasteiger partial charge in [-0.2, -0.15) is 0 Å². The van der Waals surface area contributed by atoms with Crippen molar-refractivity contribution in [2.24, 2.45) is 5.41 Å². The van der Waals surface area contributed by atoms with E-state index >= 15 is 0 Å². The van der Waals surface area contributed by atoms with Gasteiger partial charge in [-0.15, -0.1) is 0 Å². The summed E-state index contributed by atoms with van der Waals surface area (Å²) in [5.41, 5.74) is 33.3. The van der Waals surface area contributed by atoms with Crippen LogP contribution < -0.4 is 0 Å². The average molecular weight is 1070 g/mol. The van der Waals surface area contributed by atoms with Gasteiger partial charge in [0.2, 0.25) is 0 Å². The van der Waals surface area contributed by atoms with Crippen LogP contribution in [-0.2, 0) is 17.3 Å². The molecule has 0 heterocycles. The SMILES string of the molecule is CC(C)(C)C1=Cc2ccc3ccc(-c4ccc(-c5ccc(-c6ccc7c(c6)C(C)(C)c6cc(-c8ccc9c(c8)C(C)(C)c8cc(-c%10ccc(-c%11ccc%12ccc%13cccc%14ccc%11c%12c%13%14)cc%10)ccc8-9)ccc6-7)cc5)cc4)c4c3c2C(=CC4)C1. The summed E-state index contributed by atoms with van der Waals surface area (Å²) in [6, 6.07) is 86.1. The molecule has 0 saturated carbocycles. The van der Waals surface area contributed by atoms with E-state index in [1.54, 1.807) is 0 Å². The fourth-order valence-electron chi connectivity index (χ4n) is 15.6. The number of allylic oxidation sites excluding steroid dienone is 3. The third-order valence-electron chi connectivity index (χ3n) is 20.4. The Kier molecular flexibility index (Phi) is 10.3. The van der Waals surface area contributed by atoms with Crippen molar-refractivity contribution in [3.8, 4) is 89.0 Å². The lowest BCUT2D eigenvalue weighted by Crippen LogP contribution is -2.15. The van der Waals surface area contributed by atoms with Gasteiger partial charge in [0.15, 0.2) is 0 Å². The molecule has 0 aromatic heterocycles. The van der Waals surface area contributed by atoms with Gasteiger partial charge in [0.25, 0.3) is 0 Å². The Bertz CT molecular complexity index is 5030. The second kappa shape index (κ2) is 17.6. The van der Waals surface area contributed by atoms with Crippen LogP contribution in [0.1, 0.15) is 93.8 Å². The van der Waals surface area contributed by atoms with Crippen molar-refractivity contribution < 1.29 is 0 Å². The molecule has 0 unspecified atom stereocenters. The van der Waals surface area contributed by atoms with Gasteiger partial charge in [-0.25, -0.2) is 0 Å². The molecule has 400 valence electrons. The van der Waals surface area contributed by atoms with E-state index in [0.29, 0.717) is 0 Å². The molecular formula is C84H64. The summed E-state index contributed by atoms with van der Waals surface area (Å²) in [6.07, 6.45) is 6.99. The molecule has 0 heteroatoms. The highest BCUT2D eigenvalue weighted by atomic mass is 14.4. The molecule has 4 aliphatic carbocycles. The highest BCUT2D eigenvalue weighted by Gasteiger charge is 2.38. The summed E-state index contributed by atoms with van der Waals surface area (Å²) in [6.45, 7) is 16.7. The quantitative estimate of drug-likeness (QED) is 0.146. The van der Waals surface area contributed by atoms with Crippen LogP contribution in [-0.4, -0.2) is 0 Å². The molecule has 0 amide bonds. The summed E-state index contributed by atoms with van der Waals surface area (Å²) in [5.74, 6) is 0. The Balaban J connectivity index is 0.611. The zero-order valence-electron chi connectivity index (χ0n) is 48.9. The predicted octanol–water partition coefficient (Wildman–Crippen LogP) is 23.1. The summed E-state index contributed by atoms with van der Waals surface area (Å²) in [4.78, 5) is 0. The molecule has 0 aliphatic heterocycles. The van der Waals surface area contributed by atoms with Crippen molar-refractivity contribution in [2.75, 3.05) is 0 Å². The highest BCUT2D eigenvalue weighted by Crippen LogP contribution is 2.54. The first kappa shape index (κ1) is 49.3. The number of hydrogen-bond donors (Lipinski definition) is 0. The third-order valence-corrected chi connectivity index (χ3v) is 20.4. The first-order valence-electron chi connectivity index (χ1n) is 30.3. The first-order valence-corrected chi connectivity index (χ1v) is 30.3. The Labute approximate surface area is 493 Å². The Morgan fingerprint density at radius 1 is 0.333 bits per heavy atom. The summed E-state index contributed by atoms with van der Waals surface area (Å²) in [5, 5.41) is 10.7. The lowest BCUT2D eigenvalue weighted by Gasteiger charge is -2.32. The van der Waals surface area contributed by atoms with Gasteiger partial charge in [-0.1, -0.05) is 266 Å². The summed E-state index contributed by atoms with van der Waals surface area (Å²) >= 11 is 0. The summed E-state index contributed by atoms with van der Waals surface area (Å²) in [7, 11) is 0. The number of benzene rings is 13. The fourth-order valence-corrected chi connectivity index (χ4v) is 15.6. The first-order chi connectivity index (χ1) is 40.7. The van der Waals surface area contributed by atoms with Crippen molar-refractivity contribution >= 4 is 54.7 Å². The smallest absolute Gasteiger partial charge is 0.0159 e. The second-order valence-corrected chi connectivity index (χ2v) is 26.7. The van der Waals surface area contributed by atoms with Crippen LogP contribution in [0.25, 0.3) is 144 Å². The number of hydrogen-bond acceptors (Lipinski definition) is 0. The average Bonchev–Trinajstić information content (AvgIpc) is 1.99. The van der Waals surface area contributed by atoms with Gasteiger partial charge in [-0.3, -0.25) is 0 Å². The van der Waals surface area contributed by atoms with E-state index in [1.165, 1.54) is 182 Å². The van der Waals surface area contributed by atoms with Crippen LogP contribution in [0.4, 0.5) is 0 Å². The lowest BCUT2D eigenvalue weighted by atomic mass is 9.72. The van der Waals surface area contributed by atoms with Crippen molar-refractivity contribution in [1.29, 1.82) is 0 Å². The second-order valence-electron chi connectivity index (χ2n) is 26.7. The van der Waals surface area contributed by atoms with Gasteiger partial charge >= 0.3 is 0 Å². The van der Waals surface area contributed by atoms with E-state index in [1.807, 2.05) is 0 Å². The predicted molar refractivity (Wildman–Crippen MR) is 359 cm³/mol. The van der Waals surface area contributed by atoms with E-state index < -0.39 is 0 Å². The van der Waals surface area contributed by atoms with Crippen LogP contribution in [0.5, 0.6) is 0 Å². The molecule has 0 N–H and O–H groups in total. The van der Waals surface area contributed by atoms with E-state index in [4.69, 9.17) is 0 Å². The van der Waals surface area contributed by atoms with Crippen LogP contribution in [0.15, 0.2) is 236 Å². The minimum Gasteiger partial charge on any atom is -0.0759 e. The van der Waals surface area contributed by atoms with Crippen molar-refractivity contribution in [3.05, 3.63) is 275 Å². The Morgan fingerprint density at radius 3 is 1.20 bits per heavy atom. The number of rotatable bonds is 6. The van der Waals surface area contributed by atoms with Gasteiger partial charge in [-0.05, 0) is 219 Å². The molecule has 0 spiro atoms. The van der Waals surface area contributed by atoms with Crippen molar-refractivity contribution in [2.45, 2.75) is 72.1 Å².